The third kappa shape index (κ3) is 13.5. The van der Waals surface area contributed by atoms with Crippen molar-refractivity contribution < 1.29 is 9.22 Å². The molecule has 0 aromatic carbocycles. The first-order valence-electron chi connectivity index (χ1n) is 10.5. The number of nitrogens with one attached hydrogen (secondary N) is 1. The highest BCUT2D eigenvalue weighted by Crippen LogP contribution is 2.17. The summed E-state index contributed by atoms with van der Waals surface area (Å²) in [5.41, 5.74) is 2.76. The summed E-state index contributed by atoms with van der Waals surface area (Å²) in [7, 11) is -1.60. The van der Waals surface area contributed by atoms with Crippen molar-refractivity contribution in [3.63, 3.8) is 0 Å². The molecule has 3 nitrogen and oxygen atoms in total. The average Bonchev–Trinajstić information content (AvgIpc) is 2.59. The van der Waals surface area contributed by atoms with Gasteiger partial charge in [0, 0.05) is 12.6 Å². The third-order valence-electron chi connectivity index (χ3n) is 4.31. The minimum Gasteiger partial charge on any atom is -0.414 e. The molecule has 0 unspecified atom stereocenters. The van der Waals surface area contributed by atoms with Crippen LogP contribution in [-0.2, 0) is 9.22 Å². The Morgan fingerprint density at radius 3 is 2.54 bits per heavy atom. The van der Waals surface area contributed by atoms with E-state index in [1.54, 1.807) is 6.08 Å². The Hall–Kier alpha value is -1.65. The second kappa shape index (κ2) is 13.5. The first kappa shape index (κ1) is 24.4. The normalized spacial score (nSPS) is 28.8. The molecule has 4 heteroatoms. The van der Waals surface area contributed by atoms with Gasteiger partial charge >= 0.3 is 0 Å². The summed E-state index contributed by atoms with van der Waals surface area (Å²) in [5.74, 6) is -0.0263. The standard InChI is InChI=1S/C24H39NO2Si/c1-21-14-10-7-6-8-13-19-25-24(26)16-12-9-11-15-23(27-28(3,4)5)18-17-22(2)20-21/h7,9-12,14,16-17,23H,6,8,13,15,18-20H2,1-5H3,(H,25,26)/b10-7+,11-9+,16-12+,21-14+,22-17+/t23-/m1/s1. The largest absolute Gasteiger partial charge is 0.414 e. The summed E-state index contributed by atoms with van der Waals surface area (Å²) in [6.45, 7) is 11.8. The van der Waals surface area contributed by atoms with E-state index in [2.05, 4.69) is 69.2 Å². The highest BCUT2D eigenvalue weighted by molar-refractivity contribution is 6.69. The average molecular weight is 402 g/mol. The molecule has 1 heterocycles. The maximum atomic E-state index is 11.8. The molecule has 0 spiro atoms. The van der Waals surface area contributed by atoms with Gasteiger partial charge in [0.1, 0.15) is 0 Å². The lowest BCUT2D eigenvalue weighted by Gasteiger charge is -2.25. The SMILES string of the molecule is C/C1=C\C=C\CCCCNC(=O)/C=C/C=C/C[C@@H](O[Si](C)(C)C)C/C=C(\C)C1. The van der Waals surface area contributed by atoms with Crippen LogP contribution in [0.3, 0.4) is 0 Å². The van der Waals surface area contributed by atoms with Crippen molar-refractivity contribution in [1.82, 2.24) is 5.32 Å². The van der Waals surface area contributed by atoms with E-state index in [-0.39, 0.29) is 12.0 Å². The van der Waals surface area contributed by atoms with Crippen LogP contribution in [-0.4, -0.2) is 26.9 Å². The molecule has 1 aliphatic heterocycles. The van der Waals surface area contributed by atoms with Crippen molar-refractivity contribution in [2.45, 2.75) is 78.1 Å². The molecule has 156 valence electrons. The summed E-state index contributed by atoms with van der Waals surface area (Å²) in [5, 5.41) is 2.93. The van der Waals surface area contributed by atoms with E-state index in [0.29, 0.717) is 0 Å². The van der Waals surface area contributed by atoms with Gasteiger partial charge in [0.15, 0.2) is 8.32 Å². The van der Waals surface area contributed by atoms with Crippen LogP contribution in [0.5, 0.6) is 0 Å². The molecule has 0 saturated heterocycles. The Bertz CT molecular complexity index is 621. The fourth-order valence-electron chi connectivity index (χ4n) is 3.03. The molecule has 0 saturated carbocycles. The van der Waals surface area contributed by atoms with E-state index in [1.807, 2.05) is 12.2 Å². The van der Waals surface area contributed by atoms with Crippen LogP contribution >= 0.6 is 0 Å². The van der Waals surface area contributed by atoms with E-state index in [1.165, 1.54) is 11.1 Å². The number of hydrogen-bond donors (Lipinski definition) is 1. The van der Waals surface area contributed by atoms with Crippen LogP contribution < -0.4 is 5.32 Å². The number of allylic oxidation sites excluding steroid dienone is 7. The van der Waals surface area contributed by atoms with E-state index in [9.17, 15) is 4.79 Å². The van der Waals surface area contributed by atoms with Crippen molar-refractivity contribution in [2.75, 3.05) is 6.54 Å². The summed E-state index contributed by atoms with van der Waals surface area (Å²) < 4.78 is 6.36. The Morgan fingerprint density at radius 2 is 1.79 bits per heavy atom. The van der Waals surface area contributed by atoms with Crippen molar-refractivity contribution in [2.24, 2.45) is 0 Å². The molecule has 0 aromatic heterocycles. The Balaban J connectivity index is 2.84. The smallest absolute Gasteiger partial charge is 0.243 e. The van der Waals surface area contributed by atoms with Gasteiger partial charge in [-0.25, -0.2) is 0 Å². The fourth-order valence-corrected chi connectivity index (χ4v) is 4.23. The zero-order valence-corrected chi connectivity index (χ0v) is 19.5. The Labute approximate surface area is 173 Å². The molecule has 1 aliphatic rings. The van der Waals surface area contributed by atoms with E-state index < -0.39 is 8.32 Å². The Kier molecular flexibility index (Phi) is 11.8. The lowest BCUT2D eigenvalue weighted by atomic mass is 10.0. The molecule has 0 bridgehead atoms. The molecule has 1 rings (SSSR count). The lowest BCUT2D eigenvalue weighted by molar-refractivity contribution is -0.116. The number of hydrogen-bond acceptors (Lipinski definition) is 2. The topological polar surface area (TPSA) is 38.3 Å². The minimum absolute atomic E-state index is 0.0263. The van der Waals surface area contributed by atoms with Crippen LogP contribution in [0.25, 0.3) is 0 Å². The molecule has 28 heavy (non-hydrogen) atoms. The molecule has 1 N–H and O–H groups in total. The summed E-state index contributed by atoms with van der Waals surface area (Å²) in [4.78, 5) is 11.8. The zero-order valence-electron chi connectivity index (χ0n) is 18.5. The second-order valence-corrected chi connectivity index (χ2v) is 13.0. The molecule has 1 atom stereocenters. The van der Waals surface area contributed by atoms with Crippen LogP contribution in [0.2, 0.25) is 19.6 Å². The summed E-state index contributed by atoms with van der Waals surface area (Å²) >= 11 is 0. The predicted octanol–water partition coefficient (Wildman–Crippen LogP) is 6.24. The number of amides is 1. The van der Waals surface area contributed by atoms with Gasteiger partial charge in [-0.3, -0.25) is 4.79 Å². The van der Waals surface area contributed by atoms with Gasteiger partial charge in [0.2, 0.25) is 5.91 Å². The number of carbonyl (C=O) groups is 1. The van der Waals surface area contributed by atoms with Crippen LogP contribution in [0, 0.1) is 0 Å². The summed E-state index contributed by atoms with van der Waals surface area (Å²) in [6.07, 6.45) is 22.5. The van der Waals surface area contributed by atoms with Crippen molar-refractivity contribution in [3.05, 3.63) is 59.8 Å². The van der Waals surface area contributed by atoms with Crippen molar-refractivity contribution >= 4 is 14.2 Å². The highest BCUT2D eigenvalue weighted by atomic mass is 28.4. The first-order chi connectivity index (χ1) is 13.3. The molecular formula is C24H39NO2Si. The van der Waals surface area contributed by atoms with Crippen LogP contribution in [0.15, 0.2) is 59.8 Å². The quantitative estimate of drug-likeness (QED) is 0.439. The van der Waals surface area contributed by atoms with E-state index in [0.717, 1.165) is 45.1 Å². The molecular weight excluding hydrogens is 362 g/mol. The van der Waals surface area contributed by atoms with Crippen molar-refractivity contribution in [3.8, 4) is 0 Å². The molecule has 0 aromatic rings. The van der Waals surface area contributed by atoms with Gasteiger partial charge < -0.3 is 9.74 Å². The number of carbonyl (C=O) groups excluding carboxylic acids is 1. The maximum absolute atomic E-state index is 11.8. The molecule has 0 radical (unpaired) electrons. The van der Waals surface area contributed by atoms with Crippen LogP contribution in [0.4, 0.5) is 0 Å². The third-order valence-corrected chi connectivity index (χ3v) is 5.35. The van der Waals surface area contributed by atoms with Gasteiger partial charge in [0.05, 0.1) is 6.10 Å². The molecule has 0 fully saturated rings. The Morgan fingerprint density at radius 1 is 1.00 bits per heavy atom. The monoisotopic (exact) mass is 401 g/mol. The van der Waals surface area contributed by atoms with Crippen molar-refractivity contribution in [1.29, 1.82) is 0 Å². The van der Waals surface area contributed by atoms with Gasteiger partial charge in [0.25, 0.3) is 0 Å². The minimum atomic E-state index is -1.60. The van der Waals surface area contributed by atoms with E-state index >= 15 is 0 Å². The lowest BCUT2D eigenvalue weighted by Crippen LogP contribution is -2.31. The second-order valence-electron chi connectivity index (χ2n) is 8.57. The number of rotatable bonds is 2. The van der Waals surface area contributed by atoms with Gasteiger partial charge in [-0.15, -0.1) is 0 Å². The first-order valence-corrected chi connectivity index (χ1v) is 13.9. The zero-order chi connectivity index (χ0) is 20.8. The maximum Gasteiger partial charge on any atom is 0.243 e. The van der Waals surface area contributed by atoms with Gasteiger partial charge in [-0.1, -0.05) is 53.7 Å². The highest BCUT2D eigenvalue weighted by Gasteiger charge is 2.19. The fraction of sp³-hybridized carbons (Fsp3) is 0.542. The summed E-state index contributed by atoms with van der Waals surface area (Å²) in [6, 6.07) is 0. The molecule has 1 amide bonds. The van der Waals surface area contributed by atoms with Crippen LogP contribution in [0.1, 0.15) is 52.4 Å². The van der Waals surface area contributed by atoms with Gasteiger partial charge in [-0.2, -0.15) is 0 Å². The molecule has 0 aliphatic carbocycles. The predicted molar refractivity (Wildman–Crippen MR) is 124 cm³/mol. The van der Waals surface area contributed by atoms with Gasteiger partial charge in [-0.05, 0) is 72.0 Å². The van der Waals surface area contributed by atoms with E-state index in [4.69, 9.17) is 4.43 Å².